The molecule has 1 N–H and O–H groups in total. The van der Waals surface area contributed by atoms with E-state index in [1.807, 2.05) is 0 Å². The molecule has 20 heavy (non-hydrogen) atoms. The quantitative estimate of drug-likeness (QED) is 0.778. The molecule has 0 fully saturated rings. The van der Waals surface area contributed by atoms with Crippen LogP contribution in [0, 0.1) is 5.82 Å². The van der Waals surface area contributed by atoms with Gasteiger partial charge in [0.25, 0.3) is 0 Å². The van der Waals surface area contributed by atoms with Gasteiger partial charge < -0.3 is 9.67 Å². The minimum absolute atomic E-state index is 0.207. The van der Waals surface area contributed by atoms with E-state index in [9.17, 15) is 9.18 Å². The smallest absolute Gasteiger partial charge is 0.335 e. The largest absolute Gasteiger partial charge is 0.478 e. The molecule has 0 atom stereocenters. The van der Waals surface area contributed by atoms with Gasteiger partial charge in [-0.25, -0.2) is 14.2 Å². The highest BCUT2D eigenvalue weighted by Gasteiger charge is 2.13. The minimum Gasteiger partial charge on any atom is -0.478 e. The molecule has 0 spiro atoms. The first-order valence-corrected chi connectivity index (χ1v) is 6.02. The van der Waals surface area contributed by atoms with Gasteiger partial charge in [0.2, 0.25) is 0 Å². The van der Waals surface area contributed by atoms with Crippen LogP contribution in [0.25, 0.3) is 22.4 Å². The van der Waals surface area contributed by atoms with E-state index >= 15 is 0 Å². The molecular weight excluding hydrogens is 259 g/mol. The molecule has 0 aliphatic carbocycles. The van der Waals surface area contributed by atoms with Crippen LogP contribution in [-0.4, -0.2) is 20.6 Å². The second kappa shape index (κ2) is 4.45. The van der Waals surface area contributed by atoms with Gasteiger partial charge in [-0.05, 0) is 24.3 Å². The Morgan fingerprint density at radius 1 is 1.20 bits per heavy atom. The lowest BCUT2D eigenvalue weighted by atomic mass is 10.1. The molecule has 3 aromatic rings. The van der Waals surface area contributed by atoms with E-state index in [0.29, 0.717) is 16.9 Å². The Labute approximate surface area is 114 Å². The third-order valence-corrected chi connectivity index (χ3v) is 3.25. The molecule has 2 aromatic carbocycles. The van der Waals surface area contributed by atoms with Crippen molar-refractivity contribution in [2.45, 2.75) is 0 Å². The average molecular weight is 270 g/mol. The van der Waals surface area contributed by atoms with E-state index in [1.165, 1.54) is 18.2 Å². The molecule has 100 valence electrons. The lowest BCUT2D eigenvalue weighted by Gasteiger charge is -2.02. The maximum absolute atomic E-state index is 13.7. The number of nitrogens with zero attached hydrogens (tertiary/aromatic N) is 2. The number of para-hydroxylation sites is 1. The molecule has 0 bridgehead atoms. The molecule has 5 heteroatoms. The molecule has 3 rings (SSSR count). The number of hydrogen-bond donors (Lipinski definition) is 1. The van der Waals surface area contributed by atoms with Crippen molar-refractivity contribution < 1.29 is 14.3 Å². The number of hydrogen-bond acceptors (Lipinski definition) is 2. The van der Waals surface area contributed by atoms with Crippen molar-refractivity contribution in [3.05, 3.63) is 53.8 Å². The molecule has 0 unspecified atom stereocenters. The average Bonchev–Trinajstić information content (AvgIpc) is 2.78. The first-order valence-electron chi connectivity index (χ1n) is 6.02. The summed E-state index contributed by atoms with van der Waals surface area (Å²) in [6.45, 7) is 0. The number of aryl methyl sites for hydroxylation is 1. The highest BCUT2D eigenvalue weighted by Crippen LogP contribution is 2.25. The van der Waals surface area contributed by atoms with Gasteiger partial charge in [-0.15, -0.1) is 0 Å². The van der Waals surface area contributed by atoms with Gasteiger partial charge in [0.05, 0.1) is 11.1 Å². The van der Waals surface area contributed by atoms with Crippen LogP contribution >= 0.6 is 0 Å². The summed E-state index contributed by atoms with van der Waals surface area (Å²) in [7, 11) is 1.80. The van der Waals surface area contributed by atoms with E-state index in [1.54, 1.807) is 35.9 Å². The van der Waals surface area contributed by atoms with Crippen molar-refractivity contribution >= 4 is 17.0 Å². The van der Waals surface area contributed by atoms with Crippen LogP contribution in [0.3, 0.4) is 0 Å². The monoisotopic (exact) mass is 270 g/mol. The van der Waals surface area contributed by atoms with Crippen molar-refractivity contribution in [3.63, 3.8) is 0 Å². The van der Waals surface area contributed by atoms with Crippen LogP contribution in [-0.2, 0) is 7.05 Å². The molecule has 0 aliphatic rings. The molecular formula is C15H11FN2O2. The SMILES string of the molecule is Cn1c(-c2ccc(C(=O)O)cc2)nc2c(F)cccc21. The number of carboxylic acid groups (broad SMARTS) is 1. The molecule has 0 saturated carbocycles. The summed E-state index contributed by atoms with van der Waals surface area (Å²) in [5.74, 6) is -0.749. The number of fused-ring (bicyclic) bond motifs is 1. The van der Waals surface area contributed by atoms with Crippen LogP contribution in [0.2, 0.25) is 0 Å². The van der Waals surface area contributed by atoms with Crippen LogP contribution in [0.4, 0.5) is 4.39 Å². The molecule has 0 saturated heterocycles. The number of halogens is 1. The fourth-order valence-electron chi connectivity index (χ4n) is 2.20. The normalized spacial score (nSPS) is 10.9. The molecule has 0 radical (unpaired) electrons. The third-order valence-electron chi connectivity index (χ3n) is 3.25. The van der Waals surface area contributed by atoms with Crippen molar-refractivity contribution in [2.24, 2.45) is 7.05 Å². The first kappa shape index (κ1) is 12.3. The predicted octanol–water partition coefficient (Wildman–Crippen LogP) is 3.08. The second-order valence-corrected chi connectivity index (χ2v) is 4.48. The minimum atomic E-state index is -0.979. The summed E-state index contributed by atoms with van der Waals surface area (Å²) in [5, 5.41) is 8.88. The maximum atomic E-state index is 13.7. The maximum Gasteiger partial charge on any atom is 0.335 e. The number of benzene rings is 2. The summed E-state index contributed by atoms with van der Waals surface area (Å²) in [4.78, 5) is 15.1. The van der Waals surface area contributed by atoms with Gasteiger partial charge in [0.1, 0.15) is 11.3 Å². The van der Waals surface area contributed by atoms with E-state index in [-0.39, 0.29) is 11.4 Å². The zero-order chi connectivity index (χ0) is 14.3. The van der Waals surface area contributed by atoms with Crippen molar-refractivity contribution in [1.82, 2.24) is 9.55 Å². The Morgan fingerprint density at radius 2 is 1.90 bits per heavy atom. The fraction of sp³-hybridized carbons (Fsp3) is 0.0667. The highest BCUT2D eigenvalue weighted by atomic mass is 19.1. The van der Waals surface area contributed by atoms with E-state index in [4.69, 9.17) is 5.11 Å². The van der Waals surface area contributed by atoms with Crippen LogP contribution in [0.15, 0.2) is 42.5 Å². The zero-order valence-electron chi connectivity index (χ0n) is 10.7. The summed E-state index contributed by atoms with van der Waals surface area (Å²) < 4.78 is 15.5. The summed E-state index contributed by atoms with van der Waals surface area (Å²) in [6.07, 6.45) is 0. The molecule has 4 nitrogen and oxygen atoms in total. The number of aromatic nitrogens is 2. The topological polar surface area (TPSA) is 55.1 Å². The van der Waals surface area contributed by atoms with Crippen molar-refractivity contribution in [3.8, 4) is 11.4 Å². The number of imidazole rings is 1. The Hall–Kier alpha value is -2.69. The highest BCUT2D eigenvalue weighted by molar-refractivity contribution is 5.88. The molecule has 0 amide bonds. The Balaban J connectivity index is 2.17. The van der Waals surface area contributed by atoms with Crippen LogP contribution in [0.1, 0.15) is 10.4 Å². The Bertz CT molecular complexity index is 807. The molecule has 1 heterocycles. The van der Waals surface area contributed by atoms with Crippen LogP contribution < -0.4 is 0 Å². The lowest BCUT2D eigenvalue weighted by Crippen LogP contribution is -1.96. The van der Waals surface area contributed by atoms with Gasteiger partial charge in [0, 0.05) is 12.6 Å². The summed E-state index contributed by atoms with van der Waals surface area (Å²) in [5.41, 5.74) is 1.96. The summed E-state index contributed by atoms with van der Waals surface area (Å²) in [6, 6.07) is 11.1. The van der Waals surface area contributed by atoms with E-state index < -0.39 is 5.97 Å². The molecule has 1 aromatic heterocycles. The Kier molecular flexibility index (Phi) is 2.75. The van der Waals surface area contributed by atoms with E-state index in [0.717, 1.165) is 5.56 Å². The fourth-order valence-corrected chi connectivity index (χ4v) is 2.20. The third kappa shape index (κ3) is 1.84. The van der Waals surface area contributed by atoms with Gasteiger partial charge >= 0.3 is 5.97 Å². The van der Waals surface area contributed by atoms with Gasteiger partial charge in [-0.2, -0.15) is 0 Å². The van der Waals surface area contributed by atoms with Crippen molar-refractivity contribution in [2.75, 3.05) is 0 Å². The summed E-state index contributed by atoms with van der Waals surface area (Å²) >= 11 is 0. The van der Waals surface area contributed by atoms with Gasteiger partial charge in [0.15, 0.2) is 5.82 Å². The number of carboxylic acids is 1. The Morgan fingerprint density at radius 3 is 2.50 bits per heavy atom. The first-order chi connectivity index (χ1) is 9.58. The van der Waals surface area contributed by atoms with Gasteiger partial charge in [-0.3, -0.25) is 0 Å². The van der Waals surface area contributed by atoms with Gasteiger partial charge in [-0.1, -0.05) is 18.2 Å². The zero-order valence-corrected chi connectivity index (χ0v) is 10.7. The van der Waals surface area contributed by atoms with Crippen molar-refractivity contribution in [1.29, 1.82) is 0 Å². The van der Waals surface area contributed by atoms with E-state index in [2.05, 4.69) is 4.98 Å². The lowest BCUT2D eigenvalue weighted by molar-refractivity contribution is 0.0697. The number of rotatable bonds is 2. The molecule has 0 aliphatic heterocycles. The predicted molar refractivity (Wildman–Crippen MR) is 73.1 cm³/mol. The second-order valence-electron chi connectivity index (χ2n) is 4.48. The van der Waals surface area contributed by atoms with Crippen LogP contribution in [0.5, 0.6) is 0 Å². The standard InChI is InChI=1S/C15H11FN2O2/c1-18-12-4-2-3-11(16)13(12)17-14(18)9-5-7-10(8-6-9)15(19)20/h2-8H,1H3,(H,19,20). The number of carbonyl (C=O) groups is 1. The number of aromatic carboxylic acids is 1.